The van der Waals surface area contributed by atoms with Crippen LogP contribution >= 0.6 is 23.2 Å². The molecule has 2 amide bonds. The van der Waals surface area contributed by atoms with Crippen LogP contribution in [0.25, 0.3) is 0 Å². The van der Waals surface area contributed by atoms with E-state index in [1.165, 1.54) is 12.1 Å². The summed E-state index contributed by atoms with van der Waals surface area (Å²) in [5.41, 5.74) is 0.0768. The van der Waals surface area contributed by atoms with Crippen molar-refractivity contribution >= 4 is 40.7 Å². The maximum atomic E-state index is 11.7. The summed E-state index contributed by atoms with van der Waals surface area (Å²) in [6.07, 6.45) is 1.71. The van der Waals surface area contributed by atoms with Crippen molar-refractivity contribution in [2.45, 2.75) is 12.8 Å². The lowest BCUT2D eigenvalue weighted by molar-refractivity contribution is -0.136. The highest BCUT2D eigenvalue weighted by Crippen LogP contribution is 2.44. The van der Waals surface area contributed by atoms with Gasteiger partial charge in [-0.2, -0.15) is 0 Å². The second-order valence-electron chi connectivity index (χ2n) is 4.92. The lowest BCUT2D eigenvalue weighted by Crippen LogP contribution is -2.39. The molecule has 1 aromatic carbocycles. The van der Waals surface area contributed by atoms with Gasteiger partial charge in [-0.15, -0.1) is 0 Å². The van der Waals surface area contributed by atoms with Gasteiger partial charge in [-0.1, -0.05) is 23.2 Å². The largest absolute Gasteiger partial charge is 0.396 e. The molecule has 7 heteroatoms. The molecule has 2 rings (SSSR count). The summed E-state index contributed by atoms with van der Waals surface area (Å²) in [4.78, 5) is 23.3. The Morgan fingerprint density at radius 1 is 1.25 bits per heavy atom. The summed E-state index contributed by atoms with van der Waals surface area (Å²) < 4.78 is 0. The molecule has 1 aliphatic rings. The molecule has 0 heterocycles. The van der Waals surface area contributed by atoms with Gasteiger partial charge < -0.3 is 15.7 Å². The molecular weight excluding hydrogens is 303 g/mol. The average Bonchev–Trinajstić information content (AvgIpc) is 3.20. The Kier molecular flexibility index (Phi) is 4.52. The zero-order valence-corrected chi connectivity index (χ0v) is 12.1. The van der Waals surface area contributed by atoms with Crippen LogP contribution in [0.5, 0.6) is 0 Å². The first-order valence-corrected chi connectivity index (χ1v) is 6.86. The molecule has 0 atom stereocenters. The molecule has 0 bridgehead atoms. The number of hydrogen-bond donors (Lipinski definition) is 3. The summed E-state index contributed by atoms with van der Waals surface area (Å²) in [5.74, 6) is -1.56. The first kappa shape index (κ1) is 15.1. The molecule has 0 spiro atoms. The van der Waals surface area contributed by atoms with E-state index in [4.69, 9.17) is 28.3 Å². The van der Waals surface area contributed by atoms with Crippen LogP contribution in [0.2, 0.25) is 10.0 Å². The molecule has 20 heavy (non-hydrogen) atoms. The normalized spacial score (nSPS) is 15.6. The van der Waals surface area contributed by atoms with E-state index in [-0.39, 0.29) is 17.0 Å². The Balaban J connectivity index is 1.89. The predicted octanol–water partition coefficient (Wildman–Crippen LogP) is 1.82. The van der Waals surface area contributed by atoms with Crippen molar-refractivity contribution in [2.24, 2.45) is 5.41 Å². The maximum Gasteiger partial charge on any atom is 0.313 e. The fourth-order valence-corrected chi connectivity index (χ4v) is 2.14. The molecule has 0 saturated heterocycles. The van der Waals surface area contributed by atoms with Crippen molar-refractivity contribution in [1.29, 1.82) is 0 Å². The minimum Gasteiger partial charge on any atom is -0.396 e. The zero-order valence-electron chi connectivity index (χ0n) is 10.6. The standard InChI is InChI=1S/C13H14Cl2N2O3/c14-8-1-2-10(9(15)5-8)17-12(20)11(19)16-6-13(7-18)3-4-13/h1-2,5,18H,3-4,6-7H2,(H,16,19)(H,17,20). The van der Waals surface area contributed by atoms with E-state index < -0.39 is 11.8 Å². The van der Waals surface area contributed by atoms with E-state index in [9.17, 15) is 9.59 Å². The molecular formula is C13H14Cl2N2O3. The van der Waals surface area contributed by atoms with Crippen LogP contribution in [0.1, 0.15) is 12.8 Å². The fraction of sp³-hybridized carbons (Fsp3) is 0.385. The lowest BCUT2D eigenvalue weighted by atomic mass is 10.1. The van der Waals surface area contributed by atoms with Crippen molar-refractivity contribution in [3.63, 3.8) is 0 Å². The van der Waals surface area contributed by atoms with Gasteiger partial charge in [-0.3, -0.25) is 9.59 Å². The fourth-order valence-electron chi connectivity index (χ4n) is 1.69. The highest BCUT2D eigenvalue weighted by Gasteiger charge is 2.42. The first-order chi connectivity index (χ1) is 9.46. The number of nitrogens with one attached hydrogen (secondary N) is 2. The van der Waals surface area contributed by atoms with Crippen LogP contribution in [-0.2, 0) is 9.59 Å². The van der Waals surface area contributed by atoms with Crippen LogP contribution in [0, 0.1) is 5.41 Å². The number of hydrogen-bond acceptors (Lipinski definition) is 3. The van der Waals surface area contributed by atoms with Gasteiger partial charge in [0.05, 0.1) is 17.3 Å². The quantitative estimate of drug-likeness (QED) is 0.741. The summed E-state index contributed by atoms with van der Waals surface area (Å²) in [6.45, 7) is 0.308. The average molecular weight is 317 g/mol. The van der Waals surface area contributed by atoms with Crippen LogP contribution in [0.4, 0.5) is 5.69 Å². The van der Waals surface area contributed by atoms with E-state index in [1.807, 2.05) is 0 Å². The number of aliphatic hydroxyl groups excluding tert-OH is 1. The third-order valence-electron chi connectivity index (χ3n) is 3.30. The topological polar surface area (TPSA) is 78.4 Å². The highest BCUT2D eigenvalue weighted by atomic mass is 35.5. The lowest BCUT2D eigenvalue weighted by Gasteiger charge is -2.12. The number of carbonyl (C=O) groups is 2. The van der Waals surface area contributed by atoms with E-state index in [1.54, 1.807) is 6.07 Å². The SMILES string of the molecule is O=C(NCC1(CO)CC1)C(=O)Nc1ccc(Cl)cc1Cl. The van der Waals surface area contributed by atoms with Crippen LogP contribution < -0.4 is 10.6 Å². The monoisotopic (exact) mass is 316 g/mol. The maximum absolute atomic E-state index is 11.7. The van der Waals surface area contributed by atoms with Gasteiger partial charge in [-0.05, 0) is 31.0 Å². The number of benzene rings is 1. The van der Waals surface area contributed by atoms with Gasteiger partial charge in [0.1, 0.15) is 0 Å². The number of carbonyl (C=O) groups excluding carboxylic acids is 2. The van der Waals surface area contributed by atoms with Crippen LogP contribution in [0.3, 0.4) is 0 Å². The minimum absolute atomic E-state index is 0.0118. The van der Waals surface area contributed by atoms with Crippen molar-refractivity contribution in [3.8, 4) is 0 Å². The van der Waals surface area contributed by atoms with Crippen LogP contribution in [0.15, 0.2) is 18.2 Å². The number of halogens is 2. The Hall–Kier alpha value is -1.30. The van der Waals surface area contributed by atoms with Crippen LogP contribution in [-0.4, -0.2) is 30.1 Å². The van der Waals surface area contributed by atoms with E-state index in [2.05, 4.69) is 10.6 Å². The second-order valence-corrected chi connectivity index (χ2v) is 5.76. The van der Waals surface area contributed by atoms with Gasteiger partial charge in [-0.25, -0.2) is 0 Å². The second kappa shape index (κ2) is 5.99. The Labute approximate surface area is 126 Å². The summed E-state index contributed by atoms with van der Waals surface area (Å²) in [6, 6.07) is 4.55. The van der Waals surface area contributed by atoms with Gasteiger partial charge >= 0.3 is 11.8 Å². The first-order valence-electron chi connectivity index (χ1n) is 6.11. The smallest absolute Gasteiger partial charge is 0.313 e. The molecule has 5 nitrogen and oxygen atoms in total. The van der Waals surface area contributed by atoms with Gasteiger partial charge in [0.2, 0.25) is 0 Å². The molecule has 1 aliphatic carbocycles. The molecule has 108 valence electrons. The Morgan fingerprint density at radius 3 is 2.50 bits per heavy atom. The summed E-state index contributed by atoms with van der Waals surface area (Å²) >= 11 is 11.6. The number of anilines is 1. The molecule has 1 saturated carbocycles. The summed E-state index contributed by atoms with van der Waals surface area (Å²) in [7, 11) is 0. The Bertz CT molecular complexity index is 544. The molecule has 1 fully saturated rings. The van der Waals surface area contributed by atoms with Gasteiger partial charge in [0.15, 0.2) is 0 Å². The molecule has 0 aliphatic heterocycles. The van der Waals surface area contributed by atoms with E-state index in [0.29, 0.717) is 17.3 Å². The van der Waals surface area contributed by atoms with Gasteiger partial charge in [0, 0.05) is 17.0 Å². The molecule has 0 unspecified atom stereocenters. The van der Waals surface area contributed by atoms with Crippen molar-refractivity contribution in [2.75, 3.05) is 18.5 Å². The highest BCUT2D eigenvalue weighted by molar-refractivity contribution is 6.42. The van der Waals surface area contributed by atoms with E-state index in [0.717, 1.165) is 12.8 Å². The summed E-state index contributed by atoms with van der Waals surface area (Å²) in [5, 5.41) is 14.7. The molecule has 0 aromatic heterocycles. The zero-order chi connectivity index (χ0) is 14.8. The molecule has 0 radical (unpaired) electrons. The third kappa shape index (κ3) is 3.62. The van der Waals surface area contributed by atoms with Crippen molar-refractivity contribution in [1.82, 2.24) is 5.32 Å². The molecule has 1 aromatic rings. The number of rotatable bonds is 4. The van der Waals surface area contributed by atoms with Crippen molar-refractivity contribution in [3.05, 3.63) is 28.2 Å². The Morgan fingerprint density at radius 2 is 1.95 bits per heavy atom. The van der Waals surface area contributed by atoms with E-state index >= 15 is 0 Å². The third-order valence-corrected chi connectivity index (χ3v) is 3.85. The minimum atomic E-state index is -0.803. The number of aliphatic hydroxyl groups is 1. The van der Waals surface area contributed by atoms with Crippen molar-refractivity contribution < 1.29 is 14.7 Å². The number of amides is 2. The van der Waals surface area contributed by atoms with Gasteiger partial charge in [0.25, 0.3) is 0 Å². The molecule has 3 N–H and O–H groups in total. The predicted molar refractivity (Wildman–Crippen MR) is 76.9 cm³/mol.